The van der Waals surface area contributed by atoms with Crippen molar-refractivity contribution in [3.8, 4) is 17.3 Å². The highest BCUT2D eigenvalue weighted by atomic mass is 16.5. The summed E-state index contributed by atoms with van der Waals surface area (Å²) in [5.41, 5.74) is 2.27. The Kier molecular flexibility index (Phi) is 5.44. The smallest absolute Gasteiger partial charge is 0.213 e. The minimum atomic E-state index is 0.288. The first-order valence-electron chi connectivity index (χ1n) is 9.50. The summed E-state index contributed by atoms with van der Waals surface area (Å²) >= 11 is 0. The summed E-state index contributed by atoms with van der Waals surface area (Å²) in [6.07, 6.45) is 13.3. The summed E-state index contributed by atoms with van der Waals surface area (Å²) in [7, 11) is 1.63. The summed E-state index contributed by atoms with van der Waals surface area (Å²) in [6, 6.07) is 8.39. The van der Waals surface area contributed by atoms with Gasteiger partial charge in [-0.25, -0.2) is 9.97 Å². The van der Waals surface area contributed by atoms with Gasteiger partial charge in [0.25, 0.3) is 0 Å². The maximum absolute atomic E-state index is 5.27. The van der Waals surface area contributed by atoms with Crippen molar-refractivity contribution in [1.29, 1.82) is 0 Å². The van der Waals surface area contributed by atoms with Crippen LogP contribution in [0, 0.1) is 0 Å². The lowest BCUT2D eigenvalue weighted by molar-refractivity contribution is 0.148. The SMILES string of the molecule is COc1cc(-c2nccn2CC(c2cccnc2)N2CCCCC2)ccn1. The molecule has 27 heavy (non-hydrogen) atoms. The van der Waals surface area contributed by atoms with Crippen molar-refractivity contribution in [2.75, 3.05) is 20.2 Å². The molecule has 0 N–H and O–H groups in total. The van der Waals surface area contributed by atoms with E-state index >= 15 is 0 Å². The number of likely N-dealkylation sites (tertiary alicyclic amines) is 1. The zero-order chi connectivity index (χ0) is 18.5. The molecule has 0 radical (unpaired) electrons. The molecule has 6 nitrogen and oxygen atoms in total. The molecule has 1 atom stereocenters. The number of rotatable bonds is 6. The minimum Gasteiger partial charge on any atom is -0.481 e. The standard InChI is InChI=1S/C21H25N5O/c1-27-20-14-17(7-9-23-20)21-24-10-13-26(21)16-19(18-6-5-8-22-15-18)25-11-3-2-4-12-25/h5-10,13-15,19H,2-4,11-12,16H2,1H3. The summed E-state index contributed by atoms with van der Waals surface area (Å²) < 4.78 is 7.50. The van der Waals surface area contributed by atoms with Gasteiger partial charge in [0.2, 0.25) is 5.88 Å². The van der Waals surface area contributed by atoms with E-state index in [1.165, 1.54) is 24.8 Å². The third kappa shape index (κ3) is 4.01. The molecule has 0 spiro atoms. The molecule has 4 rings (SSSR count). The van der Waals surface area contributed by atoms with E-state index in [4.69, 9.17) is 4.74 Å². The van der Waals surface area contributed by atoms with Crippen LogP contribution in [-0.2, 0) is 6.54 Å². The summed E-state index contributed by atoms with van der Waals surface area (Å²) in [4.78, 5) is 15.7. The molecule has 4 heterocycles. The van der Waals surface area contributed by atoms with Gasteiger partial charge in [-0.2, -0.15) is 0 Å². The first kappa shape index (κ1) is 17.7. The Labute approximate surface area is 159 Å². The summed E-state index contributed by atoms with van der Waals surface area (Å²) in [5.74, 6) is 1.53. The molecule has 0 aromatic carbocycles. The summed E-state index contributed by atoms with van der Waals surface area (Å²) in [6.45, 7) is 3.10. The zero-order valence-corrected chi connectivity index (χ0v) is 15.7. The van der Waals surface area contributed by atoms with Crippen LogP contribution in [0.2, 0.25) is 0 Å². The van der Waals surface area contributed by atoms with Crippen molar-refractivity contribution in [1.82, 2.24) is 24.4 Å². The molecule has 0 amide bonds. The lowest BCUT2D eigenvalue weighted by Gasteiger charge is -2.35. The van der Waals surface area contributed by atoms with Crippen LogP contribution in [0.1, 0.15) is 30.9 Å². The Balaban J connectivity index is 1.65. The number of methoxy groups -OCH3 is 1. The Morgan fingerprint density at radius 2 is 1.96 bits per heavy atom. The predicted octanol–water partition coefficient (Wildman–Crippen LogP) is 3.58. The van der Waals surface area contributed by atoms with E-state index in [2.05, 4.69) is 36.7 Å². The van der Waals surface area contributed by atoms with Crippen LogP contribution in [0.25, 0.3) is 11.4 Å². The molecule has 1 aliphatic rings. The highest BCUT2D eigenvalue weighted by molar-refractivity contribution is 5.56. The summed E-state index contributed by atoms with van der Waals surface area (Å²) in [5, 5.41) is 0. The molecule has 1 unspecified atom stereocenters. The van der Waals surface area contributed by atoms with E-state index in [0.29, 0.717) is 5.88 Å². The monoisotopic (exact) mass is 363 g/mol. The number of ether oxygens (including phenoxy) is 1. The van der Waals surface area contributed by atoms with E-state index < -0.39 is 0 Å². The highest BCUT2D eigenvalue weighted by Crippen LogP contribution is 2.28. The molecule has 0 saturated carbocycles. The average Bonchev–Trinajstić information content (AvgIpc) is 3.21. The molecular formula is C21H25N5O. The van der Waals surface area contributed by atoms with Crippen molar-refractivity contribution in [2.24, 2.45) is 0 Å². The Morgan fingerprint density at radius 1 is 1.07 bits per heavy atom. The molecule has 0 bridgehead atoms. The lowest BCUT2D eigenvalue weighted by atomic mass is 10.0. The van der Waals surface area contributed by atoms with E-state index in [9.17, 15) is 0 Å². The predicted molar refractivity (Wildman–Crippen MR) is 104 cm³/mol. The van der Waals surface area contributed by atoms with Crippen LogP contribution in [0.3, 0.4) is 0 Å². The third-order valence-electron chi connectivity index (χ3n) is 5.19. The van der Waals surface area contributed by atoms with Crippen LogP contribution >= 0.6 is 0 Å². The maximum atomic E-state index is 5.27. The van der Waals surface area contributed by atoms with E-state index in [1.54, 1.807) is 13.3 Å². The Hall–Kier alpha value is -2.73. The van der Waals surface area contributed by atoms with Gasteiger partial charge < -0.3 is 9.30 Å². The van der Waals surface area contributed by atoms with Gasteiger partial charge >= 0.3 is 0 Å². The van der Waals surface area contributed by atoms with Gasteiger partial charge in [-0.1, -0.05) is 12.5 Å². The second kappa shape index (κ2) is 8.31. The van der Waals surface area contributed by atoms with Crippen molar-refractivity contribution in [2.45, 2.75) is 31.8 Å². The van der Waals surface area contributed by atoms with Gasteiger partial charge in [-0.15, -0.1) is 0 Å². The van der Waals surface area contributed by atoms with Crippen LogP contribution in [0.5, 0.6) is 5.88 Å². The largest absolute Gasteiger partial charge is 0.481 e. The van der Waals surface area contributed by atoms with Gasteiger partial charge in [-0.05, 0) is 43.6 Å². The van der Waals surface area contributed by atoms with E-state index in [-0.39, 0.29) is 6.04 Å². The number of hydrogen-bond donors (Lipinski definition) is 0. The quantitative estimate of drug-likeness (QED) is 0.670. The highest BCUT2D eigenvalue weighted by Gasteiger charge is 2.24. The molecule has 6 heteroatoms. The normalized spacial score (nSPS) is 16.2. The molecule has 1 fully saturated rings. The van der Waals surface area contributed by atoms with Gasteiger partial charge in [-0.3, -0.25) is 9.88 Å². The lowest BCUT2D eigenvalue weighted by Crippen LogP contribution is -2.36. The number of aromatic nitrogens is 4. The van der Waals surface area contributed by atoms with Crippen LogP contribution < -0.4 is 4.74 Å². The van der Waals surface area contributed by atoms with Gasteiger partial charge in [0.15, 0.2) is 0 Å². The number of pyridine rings is 2. The van der Waals surface area contributed by atoms with Crippen LogP contribution in [0.4, 0.5) is 0 Å². The first-order chi connectivity index (χ1) is 13.3. The van der Waals surface area contributed by atoms with Crippen LogP contribution in [0.15, 0.2) is 55.2 Å². The fourth-order valence-corrected chi connectivity index (χ4v) is 3.80. The fraction of sp³-hybridized carbons (Fsp3) is 0.381. The number of piperidine rings is 1. The van der Waals surface area contributed by atoms with Crippen LogP contribution in [-0.4, -0.2) is 44.6 Å². The second-order valence-corrected chi connectivity index (χ2v) is 6.89. The molecule has 0 aliphatic carbocycles. The topological polar surface area (TPSA) is 56.1 Å². The van der Waals surface area contributed by atoms with Crippen molar-refractivity contribution in [3.05, 3.63) is 60.8 Å². The third-order valence-corrected chi connectivity index (χ3v) is 5.19. The maximum Gasteiger partial charge on any atom is 0.213 e. The fourth-order valence-electron chi connectivity index (χ4n) is 3.80. The Morgan fingerprint density at radius 3 is 2.74 bits per heavy atom. The van der Waals surface area contributed by atoms with Crippen molar-refractivity contribution in [3.63, 3.8) is 0 Å². The Bertz CT molecular complexity index is 858. The average molecular weight is 363 g/mol. The van der Waals surface area contributed by atoms with E-state index in [0.717, 1.165) is 31.0 Å². The van der Waals surface area contributed by atoms with Crippen molar-refractivity contribution < 1.29 is 4.74 Å². The number of hydrogen-bond acceptors (Lipinski definition) is 5. The number of imidazole rings is 1. The molecule has 3 aromatic heterocycles. The minimum absolute atomic E-state index is 0.288. The van der Waals surface area contributed by atoms with Gasteiger partial charge in [0, 0.05) is 49.2 Å². The van der Waals surface area contributed by atoms with E-state index in [1.807, 2.05) is 36.8 Å². The van der Waals surface area contributed by atoms with Gasteiger partial charge in [0.05, 0.1) is 13.2 Å². The molecular weight excluding hydrogens is 338 g/mol. The molecule has 1 saturated heterocycles. The second-order valence-electron chi connectivity index (χ2n) is 6.89. The van der Waals surface area contributed by atoms with Crippen molar-refractivity contribution >= 4 is 0 Å². The number of nitrogens with zero attached hydrogens (tertiary/aromatic N) is 5. The zero-order valence-electron chi connectivity index (χ0n) is 15.7. The molecule has 140 valence electrons. The first-order valence-corrected chi connectivity index (χ1v) is 9.50. The molecule has 3 aromatic rings. The van der Waals surface area contributed by atoms with Gasteiger partial charge in [0.1, 0.15) is 5.82 Å². The molecule has 1 aliphatic heterocycles.